The van der Waals surface area contributed by atoms with E-state index in [4.69, 9.17) is 11.0 Å². The van der Waals surface area contributed by atoms with Gasteiger partial charge in [-0.1, -0.05) is 27.7 Å². The van der Waals surface area contributed by atoms with E-state index in [9.17, 15) is 9.18 Å². The van der Waals surface area contributed by atoms with Gasteiger partial charge in [-0.2, -0.15) is 10.2 Å². The number of nitrogens with zero attached hydrogens (tertiary/aromatic N) is 5. The van der Waals surface area contributed by atoms with Crippen LogP contribution in [-0.4, -0.2) is 35.6 Å². The third-order valence-electron chi connectivity index (χ3n) is 4.08. The highest BCUT2D eigenvalue weighted by molar-refractivity contribution is 9.10. The van der Waals surface area contributed by atoms with Gasteiger partial charge < -0.3 is 5.73 Å². The first-order chi connectivity index (χ1) is 15.3. The maximum Gasteiger partial charge on any atom is 0.340 e. The zero-order valence-corrected chi connectivity index (χ0v) is 20.6. The maximum atomic E-state index is 13.4. The molecule has 0 unspecified atom stereocenters. The first-order valence-electron chi connectivity index (χ1n) is 10.6. The molecule has 10 heteroatoms. The smallest absolute Gasteiger partial charge is 0.330 e. The average Bonchev–Trinajstić information content (AvgIpc) is 2.78. The van der Waals surface area contributed by atoms with Crippen LogP contribution >= 0.6 is 15.9 Å². The molecule has 0 aliphatic rings. The molecule has 0 bridgehead atoms. The minimum atomic E-state index is -0.400. The molecule has 0 saturated carbocycles. The fourth-order valence-corrected chi connectivity index (χ4v) is 3.12. The Morgan fingerprint density at radius 1 is 1.28 bits per heavy atom. The first-order valence-corrected chi connectivity index (χ1v) is 11.4. The molecule has 3 N–H and O–H groups in total. The third-order valence-corrected chi connectivity index (χ3v) is 4.64. The Morgan fingerprint density at radius 2 is 1.94 bits per heavy atom. The zero-order chi connectivity index (χ0) is 24.1. The van der Waals surface area contributed by atoms with Crippen LogP contribution in [0.1, 0.15) is 46.4 Å². The molecular formula is C22H31BrFN7O. The van der Waals surface area contributed by atoms with E-state index in [1.807, 2.05) is 33.8 Å². The second-order valence-corrected chi connectivity index (χ2v) is 7.88. The summed E-state index contributed by atoms with van der Waals surface area (Å²) in [6.45, 7) is 9.38. The molecule has 0 atom stereocenters. The topological polar surface area (TPSA) is 111 Å². The summed E-state index contributed by atoms with van der Waals surface area (Å²) in [5.74, 6) is 0.185. The molecule has 0 radical (unpaired) electrons. The fraction of sp³-hybridized carbons (Fsp3) is 0.455. The van der Waals surface area contributed by atoms with Gasteiger partial charge in [0.25, 0.3) is 0 Å². The molecule has 8 nitrogen and oxygen atoms in total. The molecule has 2 amide bonds. The van der Waals surface area contributed by atoms with Gasteiger partial charge in [-0.3, -0.25) is 9.91 Å². The summed E-state index contributed by atoms with van der Waals surface area (Å²) in [6, 6.07) is 7.23. The molecule has 32 heavy (non-hydrogen) atoms. The number of nitriles is 1. The highest BCUT2D eigenvalue weighted by Crippen LogP contribution is 2.23. The predicted molar refractivity (Wildman–Crippen MR) is 129 cm³/mol. The van der Waals surface area contributed by atoms with Crippen LogP contribution in [0.15, 0.2) is 34.9 Å². The van der Waals surface area contributed by atoms with E-state index in [2.05, 4.69) is 31.3 Å². The van der Waals surface area contributed by atoms with Crippen LogP contribution in [-0.2, 0) is 0 Å². The van der Waals surface area contributed by atoms with Gasteiger partial charge in [0.2, 0.25) is 5.82 Å². The lowest BCUT2D eigenvalue weighted by Gasteiger charge is -2.31. The van der Waals surface area contributed by atoms with Gasteiger partial charge in [0, 0.05) is 25.0 Å². The lowest BCUT2D eigenvalue weighted by Crippen LogP contribution is -2.51. The number of anilines is 2. The summed E-state index contributed by atoms with van der Waals surface area (Å²) in [6.07, 6.45) is 2.92. The van der Waals surface area contributed by atoms with Crippen molar-refractivity contribution in [2.75, 3.05) is 29.5 Å². The SMILES string of the molecule is CC.CC(C)CN(NC(=O)N(CCCCN)c1ccc(F)cc1)c1nc(C#N)ncc1Br. The van der Waals surface area contributed by atoms with Crippen molar-refractivity contribution in [1.82, 2.24) is 15.4 Å². The highest BCUT2D eigenvalue weighted by Gasteiger charge is 2.22. The minimum absolute atomic E-state index is 0.00505. The van der Waals surface area contributed by atoms with E-state index in [1.54, 1.807) is 17.1 Å². The van der Waals surface area contributed by atoms with Crippen LogP contribution in [0.25, 0.3) is 0 Å². The van der Waals surface area contributed by atoms with Gasteiger partial charge in [-0.25, -0.2) is 19.6 Å². The standard InChI is InChI=1S/C20H25BrFN7O.C2H6/c1-14(2)13-29(19-17(21)12-25-18(11-24)26-19)27-20(30)28(10-4-3-9-23)16-7-5-15(22)6-8-16;1-2/h5-8,12,14H,3-4,9-10,13,23H2,1-2H3,(H,27,30);1-2H3. The number of amides is 2. The van der Waals surface area contributed by atoms with Crippen LogP contribution in [0.5, 0.6) is 0 Å². The number of carbonyl (C=O) groups is 1. The summed E-state index contributed by atoms with van der Waals surface area (Å²) >= 11 is 3.38. The van der Waals surface area contributed by atoms with Gasteiger partial charge in [0.1, 0.15) is 11.9 Å². The Morgan fingerprint density at radius 3 is 2.50 bits per heavy atom. The van der Waals surface area contributed by atoms with Gasteiger partial charge in [-0.15, -0.1) is 0 Å². The van der Waals surface area contributed by atoms with E-state index < -0.39 is 6.03 Å². The summed E-state index contributed by atoms with van der Waals surface area (Å²) in [7, 11) is 0. The number of carbonyl (C=O) groups excluding carboxylic acids is 1. The van der Waals surface area contributed by atoms with E-state index in [0.717, 1.165) is 6.42 Å². The minimum Gasteiger partial charge on any atom is -0.330 e. The lowest BCUT2D eigenvalue weighted by molar-refractivity contribution is 0.244. The Balaban J connectivity index is 0.00000249. The van der Waals surface area contributed by atoms with E-state index in [-0.39, 0.29) is 17.6 Å². The molecule has 0 spiro atoms. The van der Waals surface area contributed by atoms with Gasteiger partial charge >= 0.3 is 6.03 Å². The van der Waals surface area contributed by atoms with E-state index >= 15 is 0 Å². The zero-order valence-electron chi connectivity index (χ0n) is 19.0. The van der Waals surface area contributed by atoms with Crippen molar-refractivity contribution in [2.24, 2.45) is 11.7 Å². The average molecular weight is 508 g/mol. The number of nitrogens with two attached hydrogens (primary N) is 1. The second kappa shape index (κ2) is 14.3. The number of hydrazine groups is 1. The van der Waals surface area contributed by atoms with E-state index in [1.165, 1.54) is 23.2 Å². The molecule has 1 heterocycles. The number of rotatable bonds is 9. The third kappa shape index (κ3) is 8.40. The Hall–Kier alpha value is -2.77. The van der Waals surface area contributed by atoms with Crippen molar-refractivity contribution in [3.8, 4) is 6.07 Å². The predicted octanol–water partition coefficient (Wildman–Crippen LogP) is 4.61. The molecule has 1 aromatic carbocycles. The summed E-state index contributed by atoms with van der Waals surface area (Å²) in [4.78, 5) is 22.9. The summed E-state index contributed by atoms with van der Waals surface area (Å²) < 4.78 is 13.9. The molecule has 2 aromatic rings. The van der Waals surface area contributed by atoms with Crippen LogP contribution in [0, 0.1) is 23.1 Å². The highest BCUT2D eigenvalue weighted by atomic mass is 79.9. The molecule has 0 saturated heterocycles. The second-order valence-electron chi connectivity index (χ2n) is 7.02. The Labute approximate surface area is 197 Å². The molecule has 174 valence electrons. The Kier molecular flexibility index (Phi) is 12.2. The molecule has 0 aliphatic heterocycles. The van der Waals surface area contributed by atoms with Gasteiger partial charge in [-0.05, 0) is 65.5 Å². The van der Waals surface area contributed by atoms with Crippen molar-refractivity contribution in [3.05, 3.63) is 46.6 Å². The molecule has 1 aromatic heterocycles. The molecule has 0 aliphatic carbocycles. The molecule has 2 rings (SSSR count). The van der Waals surface area contributed by atoms with E-state index in [0.29, 0.717) is 42.0 Å². The number of urea groups is 1. The summed E-state index contributed by atoms with van der Waals surface area (Å²) in [5, 5.41) is 10.7. The number of nitrogens with one attached hydrogen (secondary N) is 1. The monoisotopic (exact) mass is 507 g/mol. The number of unbranched alkanes of at least 4 members (excludes halogenated alkanes) is 1. The van der Waals surface area contributed by atoms with Crippen molar-refractivity contribution in [3.63, 3.8) is 0 Å². The molecular weight excluding hydrogens is 477 g/mol. The van der Waals surface area contributed by atoms with Crippen molar-refractivity contribution in [1.29, 1.82) is 5.26 Å². The Bertz CT molecular complexity index is 887. The fourth-order valence-electron chi connectivity index (χ4n) is 2.71. The first kappa shape index (κ1) is 27.3. The van der Waals surface area contributed by atoms with Crippen LogP contribution < -0.4 is 21.1 Å². The number of hydrogen-bond acceptors (Lipinski definition) is 6. The van der Waals surface area contributed by atoms with Gasteiger partial charge in [0.15, 0.2) is 5.82 Å². The van der Waals surface area contributed by atoms with Crippen molar-refractivity contribution in [2.45, 2.75) is 40.5 Å². The molecule has 0 fully saturated rings. The van der Waals surface area contributed by atoms with Gasteiger partial charge in [0.05, 0.1) is 4.47 Å². The number of halogens is 2. The van der Waals surface area contributed by atoms with Crippen LogP contribution in [0.2, 0.25) is 0 Å². The maximum absolute atomic E-state index is 13.4. The normalized spacial score (nSPS) is 10.1. The largest absolute Gasteiger partial charge is 0.340 e. The van der Waals surface area contributed by atoms with Crippen molar-refractivity contribution < 1.29 is 9.18 Å². The van der Waals surface area contributed by atoms with Crippen LogP contribution in [0.3, 0.4) is 0 Å². The summed E-state index contributed by atoms with van der Waals surface area (Å²) in [5.41, 5.74) is 9.01. The van der Waals surface area contributed by atoms with Crippen LogP contribution in [0.4, 0.5) is 20.7 Å². The number of benzene rings is 1. The number of aromatic nitrogens is 2. The quantitative estimate of drug-likeness (QED) is 0.378. The number of hydrogen-bond donors (Lipinski definition) is 2. The lowest BCUT2D eigenvalue weighted by atomic mass is 10.2. The van der Waals surface area contributed by atoms with Crippen molar-refractivity contribution >= 4 is 33.5 Å².